The smallest absolute Gasteiger partial charge is 0.162 e. The van der Waals surface area contributed by atoms with Crippen molar-refractivity contribution >= 4 is 0 Å². The molecular weight excluding hydrogens is 354 g/mol. The maximum absolute atomic E-state index is 10.6. The van der Waals surface area contributed by atoms with Crippen LogP contribution in [0.25, 0.3) is 0 Å². The molecule has 1 aliphatic rings. The lowest BCUT2D eigenvalue weighted by atomic mass is 10.0. The van der Waals surface area contributed by atoms with E-state index < -0.39 is 0 Å². The summed E-state index contributed by atoms with van der Waals surface area (Å²) in [6, 6.07) is 8.09. The molecule has 0 unspecified atom stereocenters. The molecule has 0 aliphatic carbocycles. The maximum atomic E-state index is 10.6. The Morgan fingerprint density at radius 2 is 1.50 bits per heavy atom. The number of hydrogen-bond donors (Lipinski definition) is 1. The van der Waals surface area contributed by atoms with Crippen molar-refractivity contribution in [1.82, 2.24) is 4.90 Å². The van der Waals surface area contributed by atoms with E-state index >= 15 is 0 Å². The van der Waals surface area contributed by atoms with Gasteiger partial charge in [0.25, 0.3) is 0 Å². The van der Waals surface area contributed by atoms with Gasteiger partial charge in [0, 0.05) is 25.2 Å². The Morgan fingerprint density at radius 1 is 0.929 bits per heavy atom. The molecule has 3 rings (SSSR count). The van der Waals surface area contributed by atoms with E-state index in [1.54, 1.807) is 21.3 Å². The monoisotopic (exact) mass is 383 g/mol. The number of phenols is 1. The number of aromatic hydroxyl groups is 1. The summed E-state index contributed by atoms with van der Waals surface area (Å²) >= 11 is 0. The quantitative estimate of drug-likeness (QED) is 0.738. The van der Waals surface area contributed by atoms with E-state index in [4.69, 9.17) is 14.2 Å². The highest BCUT2D eigenvalue weighted by Gasteiger charge is 2.19. The summed E-state index contributed by atoms with van der Waals surface area (Å²) in [5.74, 6) is 2.28. The van der Waals surface area contributed by atoms with Gasteiger partial charge in [-0.1, -0.05) is 12.1 Å². The maximum Gasteiger partial charge on any atom is 0.162 e. The van der Waals surface area contributed by atoms with Crippen molar-refractivity contribution in [3.63, 3.8) is 0 Å². The van der Waals surface area contributed by atoms with Gasteiger partial charge in [-0.2, -0.15) is 0 Å². The summed E-state index contributed by atoms with van der Waals surface area (Å²) in [5.41, 5.74) is 4.56. The molecule has 0 amide bonds. The minimum Gasteiger partial charge on any atom is -0.504 e. The highest BCUT2D eigenvalue weighted by atomic mass is 16.5. The molecule has 1 N–H and O–H groups in total. The number of methoxy groups -OCH3 is 3. The zero-order valence-electron chi connectivity index (χ0n) is 17.0. The number of nitrogens with zero attached hydrogens (tertiary/aromatic N) is 1. The van der Waals surface area contributed by atoms with Gasteiger partial charge in [0.2, 0.25) is 0 Å². The molecule has 0 atom stereocenters. The van der Waals surface area contributed by atoms with Crippen LogP contribution < -0.4 is 14.2 Å². The first-order valence-electron chi connectivity index (χ1n) is 9.55. The van der Waals surface area contributed by atoms with Crippen LogP contribution in [0.3, 0.4) is 0 Å². The summed E-state index contributed by atoms with van der Waals surface area (Å²) < 4.78 is 16.3. The van der Waals surface area contributed by atoms with Gasteiger partial charge in [0.15, 0.2) is 23.0 Å². The third-order valence-corrected chi connectivity index (χ3v) is 5.31. The van der Waals surface area contributed by atoms with Crippen LogP contribution >= 0.6 is 0 Å². The highest BCUT2D eigenvalue weighted by Crippen LogP contribution is 2.35. The average molecular weight is 383 g/mol. The van der Waals surface area contributed by atoms with Crippen LogP contribution in [-0.2, 0) is 25.8 Å². The molecule has 5 nitrogen and oxygen atoms in total. The van der Waals surface area contributed by atoms with Crippen LogP contribution in [0.1, 0.15) is 22.3 Å². The second-order valence-corrected chi connectivity index (χ2v) is 7.05. The molecule has 0 bridgehead atoms. The zero-order valence-corrected chi connectivity index (χ0v) is 17.0. The molecule has 0 saturated carbocycles. The van der Waals surface area contributed by atoms with Crippen molar-refractivity contribution in [2.75, 3.05) is 34.4 Å². The van der Waals surface area contributed by atoms with Gasteiger partial charge in [0.1, 0.15) is 0 Å². The molecule has 0 aromatic heterocycles. The third kappa shape index (κ3) is 4.25. The Morgan fingerprint density at radius 3 is 2.00 bits per heavy atom. The van der Waals surface area contributed by atoms with Gasteiger partial charge >= 0.3 is 0 Å². The number of benzene rings is 2. The number of allylic oxidation sites excluding steroid dienone is 1. The Balaban J connectivity index is 1.80. The first-order chi connectivity index (χ1) is 13.6. The first kappa shape index (κ1) is 20.1. The standard InChI is InChI=1S/C23H29NO4/c1-5-6-16-11-19(23(25)22(12-16)28-4)15-24-9-7-17-13-20(26-2)21(27-3)14-18(17)8-10-24/h5,11-14,25H,1,6-10,15H2,2-4H3. The van der Waals surface area contributed by atoms with E-state index in [0.29, 0.717) is 12.3 Å². The highest BCUT2D eigenvalue weighted by molar-refractivity contribution is 5.50. The number of ether oxygens (including phenoxy) is 3. The Kier molecular flexibility index (Phi) is 6.47. The SMILES string of the molecule is C=CCc1cc(CN2CCc3cc(OC)c(OC)cc3CC2)c(O)c(OC)c1. The van der Waals surface area contributed by atoms with Crippen LogP contribution in [-0.4, -0.2) is 44.4 Å². The van der Waals surface area contributed by atoms with Gasteiger partial charge in [-0.05, 0) is 54.2 Å². The van der Waals surface area contributed by atoms with Gasteiger partial charge in [-0.3, -0.25) is 4.90 Å². The van der Waals surface area contributed by atoms with Crippen molar-refractivity contribution in [3.8, 4) is 23.0 Å². The lowest BCUT2D eigenvalue weighted by Gasteiger charge is -2.21. The zero-order chi connectivity index (χ0) is 20.1. The molecule has 2 aromatic carbocycles. The summed E-state index contributed by atoms with van der Waals surface area (Å²) in [5, 5.41) is 10.6. The van der Waals surface area contributed by atoms with Crippen molar-refractivity contribution in [2.24, 2.45) is 0 Å². The summed E-state index contributed by atoms with van der Waals surface area (Å²) in [6.07, 6.45) is 4.47. The molecule has 1 heterocycles. The molecule has 5 heteroatoms. The van der Waals surface area contributed by atoms with Crippen LogP contribution in [0.5, 0.6) is 23.0 Å². The van der Waals surface area contributed by atoms with E-state index in [1.807, 2.05) is 18.2 Å². The predicted molar refractivity (Wildman–Crippen MR) is 111 cm³/mol. The molecule has 28 heavy (non-hydrogen) atoms. The van der Waals surface area contributed by atoms with Crippen molar-refractivity contribution in [2.45, 2.75) is 25.8 Å². The fourth-order valence-electron chi connectivity index (χ4n) is 3.79. The van der Waals surface area contributed by atoms with Crippen molar-refractivity contribution < 1.29 is 19.3 Å². The Bertz CT molecular complexity index is 812. The van der Waals surface area contributed by atoms with Crippen LogP contribution in [0.15, 0.2) is 36.9 Å². The summed E-state index contributed by atoms with van der Waals surface area (Å²) in [7, 11) is 4.92. The second kappa shape index (κ2) is 9.02. The second-order valence-electron chi connectivity index (χ2n) is 7.05. The summed E-state index contributed by atoms with van der Waals surface area (Å²) in [4.78, 5) is 2.37. The van der Waals surface area contributed by atoms with Crippen LogP contribution in [0.4, 0.5) is 0 Å². The fraction of sp³-hybridized carbons (Fsp3) is 0.391. The van der Waals surface area contributed by atoms with E-state index in [2.05, 4.69) is 23.6 Å². The molecule has 0 saturated heterocycles. The molecular formula is C23H29NO4. The topological polar surface area (TPSA) is 51.2 Å². The van der Waals surface area contributed by atoms with Gasteiger partial charge in [-0.25, -0.2) is 0 Å². The third-order valence-electron chi connectivity index (χ3n) is 5.31. The molecule has 150 valence electrons. The minimum atomic E-state index is 0.223. The van der Waals surface area contributed by atoms with E-state index in [0.717, 1.165) is 55.0 Å². The van der Waals surface area contributed by atoms with Gasteiger partial charge in [-0.15, -0.1) is 6.58 Å². The summed E-state index contributed by atoms with van der Waals surface area (Å²) in [6.45, 7) is 6.31. The lowest BCUT2D eigenvalue weighted by molar-refractivity contribution is 0.272. The lowest BCUT2D eigenvalue weighted by Crippen LogP contribution is -2.26. The van der Waals surface area contributed by atoms with Gasteiger partial charge in [0.05, 0.1) is 21.3 Å². The largest absolute Gasteiger partial charge is 0.504 e. The number of fused-ring (bicyclic) bond motifs is 1. The van der Waals surface area contributed by atoms with Crippen LogP contribution in [0.2, 0.25) is 0 Å². The first-order valence-corrected chi connectivity index (χ1v) is 9.55. The normalized spacial score (nSPS) is 14.1. The number of rotatable bonds is 7. The number of hydrogen-bond acceptors (Lipinski definition) is 5. The Hall–Kier alpha value is -2.66. The average Bonchev–Trinajstić information content (AvgIpc) is 2.91. The molecule has 0 fully saturated rings. The van der Waals surface area contributed by atoms with Gasteiger partial charge < -0.3 is 19.3 Å². The minimum absolute atomic E-state index is 0.223. The van der Waals surface area contributed by atoms with E-state index in [1.165, 1.54) is 11.1 Å². The van der Waals surface area contributed by atoms with Crippen LogP contribution in [0, 0.1) is 0 Å². The van der Waals surface area contributed by atoms with Crippen molar-refractivity contribution in [1.29, 1.82) is 0 Å². The number of phenolic OH excluding ortho intramolecular Hbond substituents is 1. The van der Waals surface area contributed by atoms with E-state index in [-0.39, 0.29) is 5.75 Å². The van der Waals surface area contributed by atoms with E-state index in [9.17, 15) is 5.11 Å². The predicted octanol–water partition coefficient (Wildman–Crippen LogP) is 3.75. The molecule has 0 spiro atoms. The fourth-order valence-corrected chi connectivity index (χ4v) is 3.79. The molecule has 1 aliphatic heterocycles. The van der Waals surface area contributed by atoms with Crippen molar-refractivity contribution in [3.05, 3.63) is 59.2 Å². The Labute approximate surface area is 167 Å². The molecule has 2 aromatic rings. The molecule has 0 radical (unpaired) electrons.